The molecule has 2 N–H and O–H groups in total. The quantitative estimate of drug-likeness (QED) is 0.510. The van der Waals surface area contributed by atoms with Crippen LogP contribution in [0.4, 0.5) is 4.39 Å². The van der Waals surface area contributed by atoms with Crippen molar-refractivity contribution in [2.24, 2.45) is 5.73 Å². The molecule has 0 aliphatic heterocycles. The molecule has 2 aromatic heterocycles. The highest BCUT2D eigenvalue weighted by Crippen LogP contribution is 2.33. The third-order valence-corrected chi connectivity index (χ3v) is 5.13. The zero-order chi connectivity index (χ0) is 20.9. The molecule has 0 fully saturated rings. The van der Waals surface area contributed by atoms with Crippen LogP contribution in [0.3, 0.4) is 0 Å². The van der Waals surface area contributed by atoms with Crippen molar-refractivity contribution in [3.05, 3.63) is 120 Å². The lowest BCUT2D eigenvalue weighted by Gasteiger charge is -2.20. The summed E-state index contributed by atoms with van der Waals surface area (Å²) in [5.41, 5.74) is 10.4. The van der Waals surface area contributed by atoms with E-state index in [0.717, 1.165) is 27.8 Å². The number of halogens is 1. The summed E-state index contributed by atoms with van der Waals surface area (Å²) in [5.74, 6) is -0.855. The summed E-state index contributed by atoms with van der Waals surface area (Å²) in [7, 11) is 0. The maximum atomic E-state index is 14.2. The number of benzene rings is 2. The van der Waals surface area contributed by atoms with E-state index in [2.05, 4.69) is 9.97 Å². The van der Waals surface area contributed by atoms with E-state index in [4.69, 9.17) is 5.73 Å². The predicted octanol–water partition coefficient (Wildman–Crippen LogP) is 4.76. The fourth-order valence-electron chi connectivity index (χ4n) is 3.65. The monoisotopic (exact) mass is 397 g/mol. The molecule has 0 saturated heterocycles. The molecule has 0 spiro atoms. The van der Waals surface area contributed by atoms with Gasteiger partial charge in [-0.1, -0.05) is 30.3 Å². The second-order valence-corrected chi connectivity index (χ2v) is 7.08. The summed E-state index contributed by atoms with van der Waals surface area (Å²) in [5, 5.41) is 0. The Kier molecular flexibility index (Phi) is 5.61. The Bertz CT molecular complexity index is 1120. The number of nitrogens with two attached hydrogens (primary N) is 1. The van der Waals surface area contributed by atoms with Crippen molar-refractivity contribution in [1.82, 2.24) is 9.97 Å². The maximum absolute atomic E-state index is 14.2. The Morgan fingerprint density at radius 1 is 0.900 bits per heavy atom. The van der Waals surface area contributed by atoms with Crippen LogP contribution in [0.2, 0.25) is 0 Å². The van der Waals surface area contributed by atoms with E-state index in [1.165, 1.54) is 12.1 Å². The summed E-state index contributed by atoms with van der Waals surface area (Å²) in [4.78, 5) is 20.2. The summed E-state index contributed by atoms with van der Waals surface area (Å²) >= 11 is 0. The average Bonchev–Trinajstić information content (AvgIpc) is 2.79. The molecule has 4 aromatic rings. The number of aromatic nitrogens is 2. The Labute approximate surface area is 174 Å². The number of hydrogen-bond acceptors (Lipinski definition) is 3. The van der Waals surface area contributed by atoms with E-state index >= 15 is 0 Å². The molecule has 1 amide bonds. The first-order chi connectivity index (χ1) is 14.6. The van der Waals surface area contributed by atoms with E-state index in [9.17, 15) is 9.18 Å². The van der Waals surface area contributed by atoms with Crippen LogP contribution in [0.1, 0.15) is 33.0 Å². The average molecular weight is 397 g/mol. The molecule has 4 rings (SSSR count). The molecule has 0 aliphatic carbocycles. The highest BCUT2D eigenvalue weighted by atomic mass is 19.1. The van der Waals surface area contributed by atoms with Gasteiger partial charge in [0.05, 0.1) is 0 Å². The van der Waals surface area contributed by atoms with Gasteiger partial charge in [-0.05, 0) is 70.6 Å². The van der Waals surface area contributed by atoms with Crippen LogP contribution in [-0.2, 0) is 6.42 Å². The van der Waals surface area contributed by atoms with Gasteiger partial charge in [0.15, 0.2) is 0 Å². The van der Waals surface area contributed by atoms with Gasteiger partial charge < -0.3 is 5.73 Å². The second kappa shape index (κ2) is 8.66. The van der Waals surface area contributed by atoms with Crippen LogP contribution in [0.25, 0.3) is 11.1 Å². The fourth-order valence-corrected chi connectivity index (χ4v) is 3.65. The molecule has 0 bridgehead atoms. The number of amides is 1. The van der Waals surface area contributed by atoms with Crippen LogP contribution in [0.5, 0.6) is 0 Å². The SMILES string of the molecule is NC(=O)c1cccc(-c2cc(F)ccc2CC(c2cccnc2)c2cccnc2)c1. The van der Waals surface area contributed by atoms with E-state index in [1.807, 2.05) is 42.7 Å². The lowest BCUT2D eigenvalue weighted by atomic mass is 9.85. The molecular formula is C25H20FN3O. The molecule has 30 heavy (non-hydrogen) atoms. The molecule has 0 unspecified atom stereocenters. The minimum absolute atomic E-state index is 0.00376. The van der Waals surface area contributed by atoms with Gasteiger partial charge in [0.2, 0.25) is 5.91 Å². The zero-order valence-electron chi connectivity index (χ0n) is 16.2. The molecule has 148 valence electrons. The van der Waals surface area contributed by atoms with Gasteiger partial charge in [0.1, 0.15) is 5.82 Å². The molecule has 2 aromatic carbocycles. The Morgan fingerprint density at radius 2 is 1.60 bits per heavy atom. The van der Waals surface area contributed by atoms with Crippen molar-refractivity contribution >= 4 is 5.91 Å². The standard InChI is InChI=1S/C25H20FN3O/c26-22-9-8-18(24(14-22)17-4-1-5-19(12-17)25(27)30)13-23(20-6-2-10-28-15-20)21-7-3-11-29-16-21/h1-12,14-16,23H,13H2,(H2,27,30). The van der Waals surface area contributed by atoms with Gasteiger partial charge in [-0.3, -0.25) is 14.8 Å². The van der Waals surface area contributed by atoms with Crippen LogP contribution in [-0.4, -0.2) is 15.9 Å². The number of primary amides is 1. The first kappa shape index (κ1) is 19.5. The molecule has 0 saturated carbocycles. The van der Waals surface area contributed by atoms with Crippen LogP contribution in [0, 0.1) is 5.82 Å². The smallest absolute Gasteiger partial charge is 0.248 e. The highest BCUT2D eigenvalue weighted by molar-refractivity contribution is 5.94. The largest absolute Gasteiger partial charge is 0.366 e. The lowest BCUT2D eigenvalue weighted by Crippen LogP contribution is -2.11. The number of pyridine rings is 2. The fraction of sp³-hybridized carbons (Fsp3) is 0.0800. The predicted molar refractivity (Wildman–Crippen MR) is 114 cm³/mol. The van der Waals surface area contributed by atoms with Gasteiger partial charge in [0.25, 0.3) is 0 Å². The van der Waals surface area contributed by atoms with E-state index in [-0.39, 0.29) is 11.7 Å². The number of nitrogens with zero attached hydrogens (tertiary/aromatic N) is 2. The molecule has 0 atom stereocenters. The zero-order valence-corrected chi connectivity index (χ0v) is 16.2. The number of carbonyl (C=O) groups is 1. The van der Waals surface area contributed by atoms with Gasteiger partial charge in [-0.15, -0.1) is 0 Å². The number of rotatable bonds is 6. The van der Waals surface area contributed by atoms with Crippen LogP contribution in [0.15, 0.2) is 91.5 Å². The van der Waals surface area contributed by atoms with Crippen molar-refractivity contribution in [2.75, 3.05) is 0 Å². The number of carbonyl (C=O) groups excluding carboxylic acids is 1. The molecule has 0 radical (unpaired) electrons. The van der Waals surface area contributed by atoms with Gasteiger partial charge in [-0.25, -0.2) is 4.39 Å². The minimum Gasteiger partial charge on any atom is -0.366 e. The van der Waals surface area contributed by atoms with E-state index in [0.29, 0.717) is 12.0 Å². The van der Waals surface area contributed by atoms with Crippen molar-refractivity contribution < 1.29 is 9.18 Å². The summed E-state index contributed by atoms with van der Waals surface area (Å²) in [6.07, 6.45) is 7.78. The first-order valence-electron chi connectivity index (χ1n) is 9.60. The normalized spacial score (nSPS) is 10.9. The van der Waals surface area contributed by atoms with Gasteiger partial charge >= 0.3 is 0 Å². The topological polar surface area (TPSA) is 68.9 Å². The first-order valence-corrected chi connectivity index (χ1v) is 9.60. The highest BCUT2D eigenvalue weighted by Gasteiger charge is 2.18. The Balaban J connectivity index is 1.80. The van der Waals surface area contributed by atoms with Crippen molar-refractivity contribution in [3.63, 3.8) is 0 Å². The molecule has 2 heterocycles. The number of hydrogen-bond donors (Lipinski definition) is 1. The Morgan fingerprint density at radius 3 is 2.20 bits per heavy atom. The lowest BCUT2D eigenvalue weighted by molar-refractivity contribution is 0.100. The van der Waals surface area contributed by atoms with Crippen LogP contribution >= 0.6 is 0 Å². The second-order valence-electron chi connectivity index (χ2n) is 7.08. The van der Waals surface area contributed by atoms with Gasteiger partial charge in [-0.2, -0.15) is 0 Å². The molecule has 4 nitrogen and oxygen atoms in total. The molecule has 5 heteroatoms. The van der Waals surface area contributed by atoms with Crippen molar-refractivity contribution in [1.29, 1.82) is 0 Å². The van der Waals surface area contributed by atoms with E-state index in [1.54, 1.807) is 36.7 Å². The molecule has 0 aliphatic rings. The Hall–Kier alpha value is -3.86. The minimum atomic E-state index is -0.515. The maximum Gasteiger partial charge on any atom is 0.248 e. The summed E-state index contributed by atoms with van der Waals surface area (Å²) < 4.78 is 14.2. The summed E-state index contributed by atoms with van der Waals surface area (Å²) in [6, 6.07) is 19.6. The van der Waals surface area contributed by atoms with Gasteiger partial charge in [0, 0.05) is 36.3 Å². The van der Waals surface area contributed by atoms with E-state index < -0.39 is 5.91 Å². The third-order valence-electron chi connectivity index (χ3n) is 5.13. The van der Waals surface area contributed by atoms with Crippen molar-refractivity contribution in [3.8, 4) is 11.1 Å². The third kappa shape index (κ3) is 4.25. The van der Waals surface area contributed by atoms with Crippen LogP contribution < -0.4 is 5.73 Å². The van der Waals surface area contributed by atoms with Crippen molar-refractivity contribution in [2.45, 2.75) is 12.3 Å². The summed E-state index contributed by atoms with van der Waals surface area (Å²) in [6.45, 7) is 0. The molecular weight excluding hydrogens is 377 g/mol.